The third kappa shape index (κ3) is 2.25. The molecule has 2 aromatic rings. The quantitative estimate of drug-likeness (QED) is 0.454. The predicted octanol–water partition coefficient (Wildman–Crippen LogP) is 2.45. The average molecular weight is 370 g/mol. The molecule has 11 nitrogen and oxygen atoms in total. The minimum absolute atomic E-state index is 0.124. The monoisotopic (exact) mass is 370 g/mol. The number of allylic oxidation sites excluding steroid dienone is 1. The van der Waals surface area contributed by atoms with Gasteiger partial charge >= 0.3 is 11.5 Å². The molecule has 27 heavy (non-hydrogen) atoms. The third-order valence-corrected chi connectivity index (χ3v) is 4.18. The van der Waals surface area contributed by atoms with Crippen molar-refractivity contribution < 1.29 is 24.2 Å². The molecule has 0 fully saturated rings. The predicted molar refractivity (Wildman–Crippen MR) is 88.3 cm³/mol. The maximum absolute atomic E-state index is 11.6. The summed E-state index contributed by atoms with van der Waals surface area (Å²) < 4.78 is 11.3. The van der Waals surface area contributed by atoms with E-state index in [0.717, 1.165) is 0 Å². The summed E-state index contributed by atoms with van der Waals surface area (Å²) in [7, 11) is 0. The molecule has 0 aromatic heterocycles. The van der Waals surface area contributed by atoms with Gasteiger partial charge in [0, 0.05) is 6.08 Å². The maximum Gasteiger partial charge on any atom is 0.365 e. The number of ether oxygens (including phenoxy) is 2. The highest BCUT2D eigenvalue weighted by molar-refractivity contribution is 5.94. The summed E-state index contributed by atoms with van der Waals surface area (Å²) in [5.41, 5.74) is -1.78. The third-order valence-electron chi connectivity index (χ3n) is 4.18. The van der Waals surface area contributed by atoms with Crippen LogP contribution < -0.4 is 9.47 Å². The first kappa shape index (κ1) is 16.3. The molecule has 0 bridgehead atoms. The molecule has 0 N–H and O–H groups in total. The Morgan fingerprint density at radius 1 is 0.889 bits per heavy atom. The Morgan fingerprint density at radius 2 is 1.48 bits per heavy atom. The summed E-state index contributed by atoms with van der Waals surface area (Å²) >= 11 is 0. The van der Waals surface area contributed by atoms with Gasteiger partial charge in [-0.2, -0.15) is 0 Å². The molecule has 0 amide bonds. The van der Waals surface area contributed by atoms with E-state index >= 15 is 0 Å². The van der Waals surface area contributed by atoms with Crippen LogP contribution in [0.2, 0.25) is 0 Å². The molecule has 4 rings (SSSR count). The molecule has 2 aliphatic rings. The first-order valence-corrected chi connectivity index (χ1v) is 7.48. The average Bonchev–Trinajstić information content (AvgIpc) is 2.61. The second kappa shape index (κ2) is 5.42. The van der Waals surface area contributed by atoms with E-state index in [1.54, 1.807) is 24.3 Å². The molecule has 0 saturated carbocycles. The van der Waals surface area contributed by atoms with E-state index in [4.69, 9.17) is 9.47 Å². The fourth-order valence-electron chi connectivity index (χ4n) is 3.08. The SMILES string of the molecule is O=[N+]([O-])C1=C[C-]([N+](=O)[O-])C2(Oc3cccc4cccc(c34)O2)C([N+](=O)[O-])=C1. The van der Waals surface area contributed by atoms with E-state index in [-0.39, 0.29) is 11.5 Å². The van der Waals surface area contributed by atoms with Crippen molar-refractivity contribution >= 4 is 10.8 Å². The number of benzene rings is 2. The highest BCUT2D eigenvalue weighted by Gasteiger charge is 2.60. The van der Waals surface area contributed by atoms with Crippen molar-refractivity contribution in [3.8, 4) is 11.5 Å². The molecule has 1 aliphatic heterocycles. The summed E-state index contributed by atoms with van der Waals surface area (Å²) in [5.74, 6) is -2.31. The topological polar surface area (TPSA) is 148 Å². The summed E-state index contributed by atoms with van der Waals surface area (Å²) in [5, 5.41) is 35.5. The van der Waals surface area contributed by atoms with Gasteiger partial charge in [0.05, 0.1) is 10.3 Å². The van der Waals surface area contributed by atoms with Crippen LogP contribution >= 0.6 is 0 Å². The van der Waals surface area contributed by atoms with Crippen molar-refractivity contribution in [3.05, 3.63) is 96.3 Å². The fraction of sp³-hybridized carbons (Fsp3) is 0.0625. The van der Waals surface area contributed by atoms with Gasteiger partial charge in [-0.25, -0.2) is 0 Å². The molecule has 0 radical (unpaired) electrons. The van der Waals surface area contributed by atoms with Crippen LogP contribution in [0.3, 0.4) is 0 Å². The molecule has 11 heteroatoms. The van der Waals surface area contributed by atoms with Gasteiger partial charge in [-0.1, -0.05) is 30.3 Å². The number of rotatable bonds is 3. The Labute approximate surface area is 149 Å². The number of nitrogens with zero attached hydrogens (tertiary/aromatic N) is 3. The van der Waals surface area contributed by atoms with E-state index in [9.17, 15) is 30.3 Å². The van der Waals surface area contributed by atoms with E-state index in [1.165, 1.54) is 12.1 Å². The highest BCUT2D eigenvalue weighted by atomic mass is 16.7. The van der Waals surface area contributed by atoms with Gasteiger partial charge < -0.3 is 9.47 Å². The van der Waals surface area contributed by atoms with Crippen molar-refractivity contribution in [2.45, 2.75) is 5.79 Å². The summed E-state index contributed by atoms with van der Waals surface area (Å²) in [4.78, 5) is 31.3. The first-order chi connectivity index (χ1) is 12.8. The molecule has 1 heterocycles. The standard InChI is InChI=1S/C16H8N3O8/c20-17(21)10-7-13(18(22)23)16(14(8-10)19(24)25)26-11-5-1-3-9-4-2-6-12(27-16)15(9)11/h1-8H/q-1. The summed E-state index contributed by atoms with van der Waals surface area (Å²) in [6.07, 6.45) is 1.20. The molecule has 1 aliphatic carbocycles. The minimum Gasteiger partial charge on any atom is -0.448 e. The highest BCUT2D eigenvalue weighted by Crippen LogP contribution is 2.49. The Kier molecular flexibility index (Phi) is 3.28. The molecule has 0 unspecified atom stereocenters. The number of hydrogen-bond donors (Lipinski definition) is 0. The van der Waals surface area contributed by atoms with Crippen LogP contribution in [0.5, 0.6) is 11.5 Å². The van der Waals surface area contributed by atoms with Gasteiger partial charge in [0.25, 0.3) is 0 Å². The van der Waals surface area contributed by atoms with Crippen molar-refractivity contribution in [2.75, 3.05) is 0 Å². The lowest BCUT2D eigenvalue weighted by Gasteiger charge is -2.40. The molecular formula is C16H8N3O8-. The zero-order valence-corrected chi connectivity index (χ0v) is 13.2. The largest absolute Gasteiger partial charge is 0.448 e. The van der Waals surface area contributed by atoms with Crippen molar-refractivity contribution in [3.63, 3.8) is 0 Å². The van der Waals surface area contributed by atoms with Crippen LogP contribution in [-0.4, -0.2) is 20.6 Å². The lowest BCUT2D eigenvalue weighted by Crippen LogP contribution is -2.56. The van der Waals surface area contributed by atoms with Gasteiger partial charge in [0.1, 0.15) is 17.2 Å². The normalized spacial score (nSPS) is 16.8. The van der Waals surface area contributed by atoms with E-state index in [2.05, 4.69) is 0 Å². The van der Waals surface area contributed by atoms with Crippen LogP contribution in [0.1, 0.15) is 0 Å². The Bertz CT molecular complexity index is 1050. The molecule has 0 atom stereocenters. The van der Waals surface area contributed by atoms with Gasteiger partial charge in [-0.15, -0.1) is 0 Å². The molecular weight excluding hydrogens is 362 g/mol. The smallest absolute Gasteiger partial charge is 0.365 e. The van der Waals surface area contributed by atoms with Crippen LogP contribution in [0.15, 0.2) is 59.9 Å². The van der Waals surface area contributed by atoms with Crippen LogP contribution in [0.25, 0.3) is 10.8 Å². The Hall–Kier alpha value is -4.15. The number of nitro groups is 3. The molecule has 136 valence electrons. The Morgan fingerprint density at radius 3 is 1.96 bits per heavy atom. The van der Waals surface area contributed by atoms with Crippen molar-refractivity contribution in [1.82, 2.24) is 0 Å². The number of hydrogen-bond acceptors (Lipinski definition) is 8. The van der Waals surface area contributed by atoms with E-state index in [0.29, 0.717) is 22.9 Å². The maximum atomic E-state index is 11.6. The second-order valence-corrected chi connectivity index (χ2v) is 5.69. The zero-order valence-electron chi connectivity index (χ0n) is 13.2. The first-order valence-electron chi connectivity index (χ1n) is 7.48. The fourth-order valence-corrected chi connectivity index (χ4v) is 3.08. The van der Waals surface area contributed by atoms with Gasteiger partial charge in [-0.3, -0.25) is 30.3 Å². The van der Waals surface area contributed by atoms with Crippen LogP contribution in [0.4, 0.5) is 0 Å². The van der Waals surface area contributed by atoms with E-state index in [1.807, 2.05) is 0 Å². The zero-order chi connectivity index (χ0) is 19.3. The summed E-state index contributed by atoms with van der Waals surface area (Å²) in [6, 6.07) is 8.74. The van der Waals surface area contributed by atoms with Gasteiger partial charge in [-0.05, 0) is 27.4 Å². The van der Waals surface area contributed by atoms with Crippen molar-refractivity contribution in [1.29, 1.82) is 0 Å². The Balaban J connectivity index is 1.98. The minimum atomic E-state index is -2.56. The molecule has 0 saturated heterocycles. The van der Waals surface area contributed by atoms with Crippen molar-refractivity contribution in [2.24, 2.45) is 0 Å². The van der Waals surface area contributed by atoms with Crippen LogP contribution in [0, 0.1) is 36.4 Å². The van der Waals surface area contributed by atoms with Gasteiger partial charge in [0.15, 0.2) is 0 Å². The van der Waals surface area contributed by atoms with Gasteiger partial charge in [0.2, 0.25) is 6.04 Å². The second-order valence-electron chi connectivity index (χ2n) is 5.69. The molecule has 1 spiro atoms. The molecule has 2 aromatic carbocycles. The lowest BCUT2D eigenvalue weighted by molar-refractivity contribution is -0.517. The van der Waals surface area contributed by atoms with E-state index < -0.39 is 38.0 Å². The lowest BCUT2D eigenvalue weighted by atomic mass is 9.94. The van der Waals surface area contributed by atoms with Crippen LogP contribution in [-0.2, 0) is 0 Å². The summed E-state index contributed by atoms with van der Waals surface area (Å²) in [6.45, 7) is 0.